The van der Waals surface area contributed by atoms with E-state index in [1.165, 1.54) is 0 Å². The number of hydrogen-bond donors (Lipinski definition) is 1. The second-order valence-corrected chi connectivity index (χ2v) is 7.93. The van der Waals surface area contributed by atoms with Gasteiger partial charge in [-0.05, 0) is 56.7 Å². The second-order valence-electron chi connectivity index (χ2n) is 7.93. The van der Waals surface area contributed by atoms with Crippen LogP contribution in [0.4, 0.5) is 10.5 Å². The largest absolute Gasteiger partial charge is 0.467 e. The fraction of sp³-hybridized carbons (Fsp3) is 0.250. The van der Waals surface area contributed by atoms with E-state index in [9.17, 15) is 9.59 Å². The number of benzene rings is 2. The third-order valence-corrected chi connectivity index (χ3v) is 4.19. The van der Waals surface area contributed by atoms with Crippen molar-refractivity contribution < 1.29 is 18.7 Å². The van der Waals surface area contributed by atoms with Crippen LogP contribution in [0.15, 0.2) is 77.4 Å². The zero-order valence-electron chi connectivity index (χ0n) is 17.4. The molecule has 156 valence electrons. The third-order valence-electron chi connectivity index (χ3n) is 4.19. The quantitative estimate of drug-likeness (QED) is 0.589. The maximum atomic E-state index is 13.3. The molecule has 0 unspecified atom stereocenters. The maximum Gasteiger partial charge on any atom is 0.412 e. The molecule has 0 fully saturated rings. The summed E-state index contributed by atoms with van der Waals surface area (Å²) >= 11 is 0. The number of rotatable bonds is 6. The standard InChI is InChI=1S/C24H26N2O4/c1-24(2,3)30-23(28)25-20-12-7-11-19(15-20)22(27)26(17-21-13-8-14-29-21)16-18-9-5-4-6-10-18/h4-15H,16-17H2,1-3H3,(H,25,28). The fourth-order valence-corrected chi connectivity index (χ4v) is 2.93. The van der Waals surface area contributed by atoms with Gasteiger partial charge in [0.15, 0.2) is 0 Å². The second kappa shape index (κ2) is 9.31. The molecule has 1 N–H and O–H groups in total. The number of hydrogen-bond acceptors (Lipinski definition) is 4. The Labute approximate surface area is 176 Å². The highest BCUT2D eigenvalue weighted by molar-refractivity contribution is 5.96. The summed E-state index contributed by atoms with van der Waals surface area (Å²) in [6.07, 6.45) is 1.02. The van der Waals surface area contributed by atoms with Crippen LogP contribution in [0, 0.1) is 0 Å². The van der Waals surface area contributed by atoms with E-state index < -0.39 is 11.7 Å². The lowest BCUT2D eigenvalue weighted by Crippen LogP contribution is -2.30. The molecule has 0 bridgehead atoms. The summed E-state index contributed by atoms with van der Waals surface area (Å²) in [7, 11) is 0. The number of ether oxygens (including phenoxy) is 1. The van der Waals surface area contributed by atoms with Gasteiger partial charge in [-0.25, -0.2) is 4.79 Å². The Hall–Kier alpha value is -3.54. The van der Waals surface area contributed by atoms with E-state index in [1.54, 1.807) is 62.3 Å². The normalized spacial score (nSPS) is 11.0. The van der Waals surface area contributed by atoms with E-state index in [0.29, 0.717) is 30.1 Å². The molecule has 0 radical (unpaired) electrons. The van der Waals surface area contributed by atoms with Gasteiger partial charge in [0.2, 0.25) is 0 Å². The molecule has 0 atom stereocenters. The van der Waals surface area contributed by atoms with Crippen molar-refractivity contribution in [2.75, 3.05) is 5.32 Å². The molecule has 30 heavy (non-hydrogen) atoms. The predicted molar refractivity (Wildman–Crippen MR) is 115 cm³/mol. The lowest BCUT2D eigenvalue weighted by Gasteiger charge is -2.23. The molecule has 0 spiro atoms. The number of anilines is 1. The van der Waals surface area contributed by atoms with Crippen molar-refractivity contribution in [1.29, 1.82) is 0 Å². The van der Waals surface area contributed by atoms with Crippen molar-refractivity contribution in [3.05, 3.63) is 89.9 Å². The SMILES string of the molecule is CC(C)(C)OC(=O)Nc1cccc(C(=O)N(Cc2ccccc2)Cc2ccco2)c1. The minimum Gasteiger partial charge on any atom is -0.467 e. The van der Waals surface area contributed by atoms with Gasteiger partial charge in [-0.2, -0.15) is 0 Å². The third kappa shape index (κ3) is 6.24. The van der Waals surface area contributed by atoms with Crippen LogP contribution >= 0.6 is 0 Å². The molecule has 6 nitrogen and oxygen atoms in total. The van der Waals surface area contributed by atoms with Crippen LogP contribution in [-0.4, -0.2) is 22.5 Å². The van der Waals surface area contributed by atoms with Crippen LogP contribution in [0.3, 0.4) is 0 Å². The first-order chi connectivity index (χ1) is 14.3. The van der Waals surface area contributed by atoms with Crippen LogP contribution < -0.4 is 5.32 Å². The first-order valence-electron chi connectivity index (χ1n) is 9.76. The number of carbonyl (C=O) groups excluding carboxylic acids is 2. The summed E-state index contributed by atoms with van der Waals surface area (Å²) in [6, 6.07) is 20.2. The number of nitrogens with one attached hydrogen (secondary N) is 1. The van der Waals surface area contributed by atoms with Gasteiger partial charge in [-0.3, -0.25) is 10.1 Å². The van der Waals surface area contributed by atoms with Crippen LogP contribution in [0.5, 0.6) is 0 Å². The Bertz CT molecular complexity index is 976. The monoisotopic (exact) mass is 406 g/mol. The highest BCUT2D eigenvalue weighted by atomic mass is 16.6. The minimum atomic E-state index is -0.604. The zero-order valence-corrected chi connectivity index (χ0v) is 17.4. The summed E-state index contributed by atoms with van der Waals surface area (Å²) in [4.78, 5) is 27.0. The number of nitrogens with zero attached hydrogens (tertiary/aromatic N) is 1. The summed E-state index contributed by atoms with van der Waals surface area (Å²) in [5.74, 6) is 0.533. The molecule has 0 saturated carbocycles. The molecule has 3 aromatic rings. The molecule has 0 aliphatic rings. The summed E-state index contributed by atoms with van der Waals surface area (Å²) < 4.78 is 10.7. The van der Waals surface area contributed by atoms with E-state index in [4.69, 9.17) is 9.15 Å². The molecular weight excluding hydrogens is 380 g/mol. The number of amides is 2. The van der Waals surface area contributed by atoms with E-state index >= 15 is 0 Å². The molecule has 0 saturated heterocycles. The van der Waals surface area contributed by atoms with Gasteiger partial charge in [0, 0.05) is 17.8 Å². The van der Waals surface area contributed by atoms with Gasteiger partial charge < -0.3 is 14.1 Å². The van der Waals surface area contributed by atoms with Crippen molar-refractivity contribution in [1.82, 2.24) is 4.90 Å². The first-order valence-corrected chi connectivity index (χ1v) is 9.76. The van der Waals surface area contributed by atoms with Gasteiger partial charge in [0.05, 0.1) is 12.8 Å². The van der Waals surface area contributed by atoms with Crippen molar-refractivity contribution in [2.45, 2.75) is 39.5 Å². The summed E-state index contributed by atoms with van der Waals surface area (Å²) in [5, 5.41) is 2.68. The Morgan fingerprint density at radius 2 is 1.73 bits per heavy atom. The first kappa shape index (κ1) is 21.2. The van der Waals surface area contributed by atoms with E-state index in [2.05, 4.69) is 5.32 Å². The molecule has 6 heteroatoms. The predicted octanol–water partition coefficient (Wildman–Crippen LogP) is 5.47. The van der Waals surface area contributed by atoms with Crippen molar-refractivity contribution >= 4 is 17.7 Å². The molecule has 2 aromatic carbocycles. The molecule has 3 rings (SSSR count). The molecule has 1 aromatic heterocycles. The molecule has 2 amide bonds. The zero-order chi connectivity index (χ0) is 21.6. The van der Waals surface area contributed by atoms with Crippen molar-refractivity contribution in [3.8, 4) is 0 Å². The average Bonchev–Trinajstić information content (AvgIpc) is 3.19. The summed E-state index contributed by atoms with van der Waals surface area (Å²) in [5.41, 5.74) is 1.37. The Morgan fingerprint density at radius 3 is 2.40 bits per heavy atom. The Morgan fingerprint density at radius 1 is 0.967 bits per heavy atom. The van der Waals surface area contributed by atoms with Gasteiger partial charge in [-0.15, -0.1) is 0 Å². The Kier molecular flexibility index (Phi) is 6.57. The van der Waals surface area contributed by atoms with Gasteiger partial charge in [0.1, 0.15) is 11.4 Å². The fourth-order valence-electron chi connectivity index (χ4n) is 2.93. The van der Waals surface area contributed by atoms with Crippen LogP contribution in [0.2, 0.25) is 0 Å². The highest BCUT2D eigenvalue weighted by Gasteiger charge is 2.20. The minimum absolute atomic E-state index is 0.164. The smallest absolute Gasteiger partial charge is 0.412 e. The number of carbonyl (C=O) groups is 2. The Balaban J connectivity index is 1.78. The number of furan rings is 1. The van der Waals surface area contributed by atoms with Crippen molar-refractivity contribution in [2.24, 2.45) is 0 Å². The van der Waals surface area contributed by atoms with E-state index in [1.807, 2.05) is 36.4 Å². The molecule has 0 aliphatic carbocycles. The molecular formula is C24H26N2O4. The van der Waals surface area contributed by atoms with Crippen molar-refractivity contribution in [3.63, 3.8) is 0 Å². The van der Waals surface area contributed by atoms with Gasteiger partial charge in [-0.1, -0.05) is 36.4 Å². The topological polar surface area (TPSA) is 71.8 Å². The lowest BCUT2D eigenvalue weighted by molar-refractivity contribution is 0.0634. The van der Waals surface area contributed by atoms with Crippen LogP contribution in [-0.2, 0) is 17.8 Å². The van der Waals surface area contributed by atoms with Gasteiger partial charge >= 0.3 is 6.09 Å². The average molecular weight is 406 g/mol. The van der Waals surface area contributed by atoms with E-state index in [-0.39, 0.29) is 5.91 Å². The summed E-state index contributed by atoms with van der Waals surface area (Å²) in [6.45, 7) is 6.16. The van der Waals surface area contributed by atoms with Crippen LogP contribution in [0.25, 0.3) is 0 Å². The molecule has 1 heterocycles. The van der Waals surface area contributed by atoms with E-state index in [0.717, 1.165) is 5.56 Å². The highest BCUT2D eigenvalue weighted by Crippen LogP contribution is 2.18. The maximum absolute atomic E-state index is 13.3. The van der Waals surface area contributed by atoms with Crippen LogP contribution in [0.1, 0.15) is 42.5 Å². The molecule has 0 aliphatic heterocycles. The van der Waals surface area contributed by atoms with Gasteiger partial charge in [0.25, 0.3) is 5.91 Å². The lowest BCUT2D eigenvalue weighted by atomic mass is 10.1.